The van der Waals surface area contributed by atoms with Crippen LogP contribution in [0.3, 0.4) is 0 Å². The van der Waals surface area contributed by atoms with Gasteiger partial charge in [-0.15, -0.1) is 11.3 Å². The van der Waals surface area contributed by atoms with Crippen LogP contribution in [0.25, 0.3) is 11.3 Å². The number of amides is 1. The molecule has 2 heterocycles. The predicted octanol–water partition coefficient (Wildman–Crippen LogP) is 4.07. The molecule has 3 aromatic rings. The molecule has 1 aliphatic heterocycles. The van der Waals surface area contributed by atoms with Gasteiger partial charge in [-0.2, -0.15) is 0 Å². The Hall–Kier alpha value is -3.00. The minimum atomic E-state index is -0.926. The molecule has 4 rings (SSSR count). The number of anilines is 1. The number of nitrogens with zero attached hydrogens (tertiary/aromatic N) is 1. The number of hydrogen-bond acceptors (Lipinski definition) is 5. The van der Waals surface area contributed by atoms with Gasteiger partial charge in [0.2, 0.25) is 6.79 Å². The van der Waals surface area contributed by atoms with E-state index in [1.165, 1.54) is 11.3 Å². The summed E-state index contributed by atoms with van der Waals surface area (Å²) in [6, 6.07) is 8.18. The Morgan fingerprint density at radius 1 is 1.12 bits per heavy atom. The minimum absolute atomic E-state index is 0.181. The van der Waals surface area contributed by atoms with Crippen LogP contribution in [0.15, 0.2) is 41.8 Å². The molecule has 0 radical (unpaired) electrons. The second-order valence-electron chi connectivity index (χ2n) is 5.18. The highest BCUT2D eigenvalue weighted by atomic mass is 32.1. The maximum Gasteiger partial charge on any atom is 0.260 e. The summed E-state index contributed by atoms with van der Waals surface area (Å²) in [5, 5.41) is 4.58. The van der Waals surface area contributed by atoms with Gasteiger partial charge in [0.1, 0.15) is 11.6 Å². The lowest BCUT2D eigenvalue weighted by atomic mass is 10.1. The molecule has 1 aromatic heterocycles. The highest BCUT2D eigenvalue weighted by Gasteiger charge is 2.17. The van der Waals surface area contributed by atoms with Crippen molar-refractivity contribution >= 4 is 22.4 Å². The van der Waals surface area contributed by atoms with Gasteiger partial charge in [-0.25, -0.2) is 13.8 Å². The van der Waals surface area contributed by atoms with E-state index in [9.17, 15) is 13.6 Å². The molecule has 1 aliphatic rings. The van der Waals surface area contributed by atoms with Gasteiger partial charge in [0.05, 0.1) is 11.3 Å². The van der Waals surface area contributed by atoms with E-state index in [-0.39, 0.29) is 12.4 Å². The van der Waals surface area contributed by atoms with Crippen LogP contribution in [0.4, 0.5) is 13.9 Å². The Labute approximate surface area is 144 Å². The highest BCUT2D eigenvalue weighted by Crippen LogP contribution is 2.36. The van der Waals surface area contributed by atoms with Crippen LogP contribution in [-0.2, 0) is 0 Å². The van der Waals surface area contributed by atoms with E-state index in [1.807, 2.05) is 6.07 Å². The number of benzene rings is 2. The lowest BCUT2D eigenvalue weighted by Gasteiger charge is -2.03. The lowest BCUT2D eigenvalue weighted by Crippen LogP contribution is -2.13. The Morgan fingerprint density at radius 2 is 1.96 bits per heavy atom. The van der Waals surface area contributed by atoms with Crippen LogP contribution >= 0.6 is 11.3 Å². The number of hydrogen-bond donors (Lipinski definition) is 1. The van der Waals surface area contributed by atoms with Crippen LogP contribution in [0, 0.1) is 11.6 Å². The fourth-order valence-corrected chi connectivity index (χ4v) is 3.07. The van der Waals surface area contributed by atoms with Crippen LogP contribution in [-0.4, -0.2) is 17.7 Å². The smallest absolute Gasteiger partial charge is 0.260 e. The van der Waals surface area contributed by atoms with Gasteiger partial charge in [-0.1, -0.05) is 0 Å². The van der Waals surface area contributed by atoms with Crippen molar-refractivity contribution in [2.75, 3.05) is 12.1 Å². The molecule has 0 saturated heterocycles. The molecule has 0 atom stereocenters. The van der Waals surface area contributed by atoms with Crippen molar-refractivity contribution in [1.29, 1.82) is 0 Å². The summed E-state index contributed by atoms with van der Waals surface area (Å²) in [6.45, 7) is 0.181. The molecule has 5 nitrogen and oxygen atoms in total. The van der Waals surface area contributed by atoms with E-state index < -0.39 is 17.5 Å². The summed E-state index contributed by atoms with van der Waals surface area (Å²) in [4.78, 5) is 16.4. The van der Waals surface area contributed by atoms with E-state index in [2.05, 4.69) is 10.3 Å². The van der Waals surface area contributed by atoms with Crippen molar-refractivity contribution in [1.82, 2.24) is 4.98 Å². The van der Waals surface area contributed by atoms with Gasteiger partial charge < -0.3 is 9.47 Å². The van der Waals surface area contributed by atoms with E-state index in [0.29, 0.717) is 28.4 Å². The summed E-state index contributed by atoms with van der Waals surface area (Å²) in [7, 11) is 0. The number of carbonyl (C=O) groups excluding carboxylic acids is 1. The lowest BCUT2D eigenvalue weighted by molar-refractivity contribution is 0.102. The summed E-state index contributed by atoms with van der Waals surface area (Å²) in [5.74, 6) is -1.06. The molecule has 126 valence electrons. The van der Waals surface area contributed by atoms with Gasteiger partial charge in [0.15, 0.2) is 16.6 Å². The molecule has 0 aliphatic carbocycles. The third-order valence-electron chi connectivity index (χ3n) is 3.57. The summed E-state index contributed by atoms with van der Waals surface area (Å²) in [5.41, 5.74) is 1.19. The number of aromatic nitrogens is 1. The van der Waals surface area contributed by atoms with Crippen molar-refractivity contribution < 1.29 is 23.0 Å². The number of nitrogens with one attached hydrogen (secondary N) is 1. The molecule has 0 bridgehead atoms. The van der Waals surface area contributed by atoms with E-state index in [4.69, 9.17) is 9.47 Å². The third-order valence-corrected chi connectivity index (χ3v) is 4.33. The molecule has 0 unspecified atom stereocenters. The Balaban J connectivity index is 1.54. The molecule has 0 saturated carbocycles. The molecule has 0 fully saturated rings. The van der Waals surface area contributed by atoms with Gasteiger partial charge >= 0.3 is 0 Å². The quantitative estimate of drug-likeness (QED) is 0.765. The average molecular weight is 360 g/mol. The molecule has 0 spiro atoms. The number of ether oxygens (including phenoxy) is 2. The molecule has 2 aromatic carbocycles. The zero-order valence-corrected chi connectivity index (χ0v) is 13.4. The van der Waals surface area contributed by atoms with E-state index in [1.54, 1.807) is 17.5 Å². The van der Waals surface area contributed by atoms with Crippen molar-refractivity contribution in [2.45, 2.75) is 0 Å². The molecule has 8 heteroatoms. The van der Waals surface area contributed by atoms with E-state index >= 15 is 0 Å². The maximum absolute atomic E-state index is 13.7. The topological polar surface area (TPSA) is 60.5 Å². The first-order chi connectivity index (χ1) is 12.1. The summed E-state index contributed by atoms with van der Waals surface area (Å²) < 4.78 is 37.2. The van der Waals surface area contributed by atoms with Crippen molar-refractivity contribution in [3.05, 3.63) is 59.0 Å². The molecular weight excluding hydrogens is 350 g/mol. The van der Waals surface area contributed by atoms with Gasteiger partial charge in [-0.3, -0.25) is 10.1 Å². The van der Waals surface area contributed by atoms with Crippen LogP contribution < -0.4 is 14.8 Å². The Bertz CT molecular complexity index is 974. The molecule has 25 heavy (non-hydrogen) atoms. The monoisotopic (exact) mass is 360 g/mol. The minimum Gasteiger partial charge on any atom is -0.454 e. The van der Waals surface area contributed by atoms with Crippen molar-refractivity contribution in [3.63, 3.8) is 0 Å². The SMILES string of the molecule is O=C(Nc1nc(-c2ccc3c(c2)OCO3)cs1)c1ccc(F)cc1F. The van der Waals surface area contributed by atoms with Crippen molar-refractivity contribution in [3.8, 4) is 22.8 Å². The highest BCUT2D eigenvalue weighted by molar-refractivity contribution is 7.14. The largest absolute Gasteiger partial charge is 0.454 e. The average Bonchev–Trinajstić information content (AvgIpc) is 3.22. The molecule has 1 N–H and O–H groups in total. The predicted molar refractivity (Wildman–Crippen MR) is 88.0 cm³/mol. The number of thiazole rings is 1. The fraction of sp³-hybridized carbons (Fsp3) is 0.0588. The van der Waals surface area contributed by atoms with Gasteiger partial charge in [0.25, 0.3) is 5.91 Å². The zero-order valence-electron chi connectivity index (χ0n) is 12.6. The zero-order chi connectivity index (χ0) is 17.4. The second kappa shape index (κ2) is 6.14. The van der Waals surface area contributed by atoms with Crippen molar-refractivity contribution in [2.24, 2.45) is 0 Å². The third kappa shape index (κ3) is 3.03. The van der Waals surface area contributed by atoms with Gasteiger partial charge in [-0.05, 0) is 30.3 Å². The Morgan fingerprint density at radius 3 is 2.80 bits per heavy atom. The maximum atomic E-state index is 13.7. The number of halogens is 2. The summed E-state index contributed by atoms with van der Waals surface area (Å²) >= 11 is 1.20. The standard InChI is InChI=1S/C17H10F2N2O3S/c18-10-2-3-11(12(19)6-10)16(22)21-17-20-13(7-25-17)9-1-4-14-15(5-9)24-8-23-14/h1-7H,8H2,(H,20,21,22). The number of fused-ring (bicyclic) bond motifs is 1. The first-order valence-electron chi connectivity index (χ1n) is 7.22. The summed E-state index contributed by atoms with van der Waals surface area (Å²) in [6.07, 6.45) is 0. The van der Waals surface area contributed by atoms with Crippen LogP contribution in [0.2, 0.25) is 0 Å². The first-order valence-corrected chi connectivity index (χ1v) is 8.10. The Kier molecular flexibility index (Phi) is 3.81. The van der Waals surface area contributed by atoms with Crippen LogP contribution in [0.5, 0.6) is 11.5 Å². The first kappa shape index (κ1) is 15.5. The van der Waals surface area contributed by atoms with Gasteiger partial charge in [0, 0.05) is 17.0 Å². The fourth-order valence-electron chi connectivity index (χ4n) is 2.36. The second-order valence-corrected chi connectivity index (χ2v) is 6.04. The van der Waals surface area contributed by atoms with E-state index in [0.717, 1.165) is 17.7 Å². The molecular formula is C17H10F2N2O3S. The normalized spacial score (nSPS) is 12.2. The van der Waals surface area contributed by atoms with Crippen LogP contribution in [0.1, 0.15) is 10.4 Å². The number of rotatable bonds is 3. The molecule has 1 amide bonds. The number of carbonyl (C=O) groups is 1.